The Hall–Kier alpha value is -9.24. The van der Waals surface area contributed by atoms with Gasteiger partial charge in [0.05, 0.1) is 0 Å². The second kappa shape index (κ2) is 17.1. The van der Waals surface area contributed by atoms with Crippen molar-refractivity contribution in [2.75, 3.05) is 0 Å². The van der Waals surface area contributed by atoms with Crippen LogP contribution in [0.25, 0.3) is 153 Å². The van der Waals surface area contributed by atoms with E-state index >= 15 is 0 Å². The van der Waals surface area contributed by atoms with Gasteiger partial charge in [-0.1, -0.05) is 248 Å². The zero-order chi connectivity index (χ0) is 52.6. The Morgan fingerprint density at radius 3 is 1.00 bits per heavy atom. The molecule has 15 rings (SSSR count). The molecule has 0 saturated heterocycles. The minimum absolute atomic E-state index is 0.00226. The molecule has 0 aliphatic heterocycles. The van der Waals surface area contributed by atoms with E-state index in [1.807, 2.05) is 0 Å². The fourth-order valence-corrected chi connectivity index (χ4v) is 13.0. The summed E-state index contributed by atoms with van der Waals surface area (Å²) in [5, 5.41) is 16.4. The second-order valence-electron chi connectivity index (χ2n) is 23.5. The largest absolute Gasteiger partial charge is 0.455 e. The molecule has 2 aromatic heterocycles. The lowest BCUT2D eigenvalue weighted by Crippen LogP contribution is -2.10. The number of hydrogen-bond donors (Lipinski definition) is 0. The number of benzene rings is 13. The van der Waals surface area contributed by atoms with Crippen LogP contribution < -0.4 is 0 Å². The maximum Gasteiger partial charge on any atom is 0.143 e. The van der Waals surface area contributed by atoms with Crippen LogP contribution in [0.15, 0.2) is 239 Å². The third-order valence-electron chi connectivity index (χ3n) is 16.7. The van der Waals surface area contributed by atoms with Crippen molar-refractivity contribution < 1.29 is 8.83 Å². The molecule has 0 radical (unpaired) electrons. The molecule has 15 aromatic rings. The van der Waals surface area contributed by atoms with E-state index in [-0.39, 0.29) is 10.8 Å². The standard InChI is InChI=1S/C76H56O2/c1-75(2,3)50-23-19-21-47(41-50)67-54-27-9-7-25-52(54)66(53-26-8-10-28-55(53)67)46-39-37-45(38-40-46)62-43-49-44-63(74-72(61-34-16-18-36-65(61)78-74)69(49)71-60-33-15-17-35-64(60)77-73(62)71)70-58-31-13-11-29-56(58)68(57-30-12-14-32-59(57)70)48-22-20-24-51(42-48)76(4,5)6/h7-44H,1-6H3. The van der Waals surface area contributed by atoms with Crippen LogP contribution in [0.5, 0.6) is 0 Å². The van der Waals surface area contributed by atoms with E-state index in [2.05, 4.69) is 272 Å². The van der Waals surface area contributed by atoms with E-state index in [0.717, 1.165) is 71.3 Å². The number of fused-ring (bicyclic) bond motifs is 13. The third kappa shape index (κ3) is 7.02. The van der Waals surface area contributed by atoms with Crippen molar-refractivity contribution in [3.63, 3.8) is 0 Å². The lowest BCUT2D eigenvalue weighted by Gasteiger charge is -2.22. The molecule has 2 heteroatoms. The first kappa shape index (κ1) is 46.1. The van der Waals surface area contributed by atoms with Gasteiger partial charge in [-0.05, 0) is 134 Å². The van der Waals surface area contributed by atoms with Crippen molar-refractivity contribution >= 4 is 97.7 Å². The first-order chi connectivity index (χ1) is 38.0. The summed E-state index contributed by atoms with van der Waals surface area (Å²) in [5.41, 5.74) is 17.9. The normalized spacial score (nSPS) is 12.5. The van der Waals surface area contributed by atoms with Crippen molar-refractivity contribution in [1.29, 1.82) is 0 Å². The van der Waals surface area contributed by atoms with E-state index in [4.69, 9.17) is 8.83 Å². The van der Waals surface area contributed by atoms with Crippen LogP contribution in [0.3, 0.4) is 0 Å². The van der Waals surface area contributed by atoms with Crippen LogP contribution in [-0.4, -0.2) is 0 Å². The number of hydrogen-bond acceptors (Lipinski definition) is 2. The summed E-state index contributed by atoms with van der Waals surface area (Å²) in [6.45, 7) is 13.8. The highest BCUT2D eigenvalue weighted by Gasteiger charge is 2.27. The molecule has 0 spiro atoms. The highest BCUT2D eigenvalue weighted by atomic mass is 16.3. The zero-order valence-electron chi connectivity index (χ0n) is 44.8. The molecule has 0 aliphatic rings. The van der Waals surface area contributed by atoms with Gasteiger partial charge in [0.1, 0.15) is 22.3 Å². The van der Waals surface area contributed by atoms with Gasteiger partial charge in [0, 0.05) is 43.6 Å². The Balaban J connectivity index is 0.990. The monoisotopic (exact) mass is 1000 g/mol. The fourth-order valence-electron chi connectivity index (χ4n) is 13.0. The van der Waals surface area contributed by atoms with Gasteiger partial charge >= 0.3 is 0 Å². The van der Waals surface area contributed by atoms with E-state index in [9.17, 15) is 0 Å². The van der Waals surface area contributed by atoms with Gasteiger partial charge in [-0.25, -0.2) is 0 Å². The lowest BCUT2D eigenvalue weighted by molar-refractivity contribution is 0.590. The lowest BCUT2D eigenvalue weighted by atomic mass is 9.82. The molecule has 0 amide bonds. The van der Waals surface area contributed by atoms with Crippen LogP contribution in [0, 0.1) is 0 Å². The number of para-hydroxylation sites is 2. The quantitative estimate of drug-likeness (QED) is 0.161. The van der Waals surface area contributed by atoms with E-state index in [1.54, 1.807) is 0 Å². The van der Waals surface area contributed by atoms with Gasteiger partial charge in [0.25, 0.3) is 0 Å². The molecule has 0 fully saturated rings. The van der Waals surface area contributed by atoms with E-state index in [1.165, 1.54) is 93.2 Å². The van der Waals surface area contributed by atoms with Gasteiger partial charge in [-0.3, -0.25) is 0 Å². The van der Waals surface area contributed by atoms with E-state index < -0.39 is 0 Å². The van der Waals surface area contributed by atoms with E-state index in [0.29, 0.717) is 0 Å². The molecule has 0 saturated carbocycles. The summed E-state index contributed by atoms with van der Waals surface area (Å²) in [6, 6.07) is 85.2. The van der Waals surface area contributed by atoms with Crippen molar-refractivity contribution in [2.45, 2.75) is 52.4 Å². The smallest absolute Gasteiger partial charge is 0.143 e. The fraction of sp³-hybridized carbons (Fsp3) is 0.105. The van der Waals surface area contributed by atoms with Gasteiger partial charge in [0.15, 0.2) is 0 Å². The molecule has 372 valence electrons. The summed E-state index contributed by atoms with van der Waals surface area (Å²) in [6.07, 6.45) is 0. The Labute approximate surface area is 453 Å². The molecule has 78 heavy (non-hydrogen) atoms. The molecule has 0 aliphatic carbocycles. The Morgan fingerprint density at radius 1 is 0.256 bits per heavy atom. The highest BCUT2D eigenvalue weighted by molar-refractivity contribution is 6.36. The summed E-state index contributed by atoms with van der Waals surface area (Å²) in [4.78, 5) is 0. The zero-order valence-corrected chi connectivity index (χ0v) is 44.8. The van der Waals surface area contributed by atoms with Gasteiger partial charge in [-0.2, -0.15) is 0 Å². The first-order valence-electron chi connectivity index (χ1n) is 27.4. The molecular formula is C76H56O2. The van der Waals surface area contributed by atoms with Crippen molar-refractivity contribution in [3.8, 4) is 55.6 Å². The summed E-state index contributed by atoms with van der Waals surface area (Å²) >= 11 is 0. The molecule has 0 unspecified atom stereocenters. The van der Waals surface area contributed by atoms with Crippen LogP contribution in [0.2, 0.25) is 0 Å². The molecular weight excluding hydrogens is 945 g/mol. The average Bonchev–Trinajstić information content (AvgIpc) is 3.77. The van der Waals surface area contributed by atoms with Crippen LogP contribution >= 0.6 is 0 Å². The number of furan rings is 2. The SMILES string of the molecule is CC(C)(C)c1cccc(-c2c3ccccc3c(-c3ccc(-c4cc5cc(-c6c7ccccc7c(-c7cccc(C(C)(C)C)c7)c7ccccc67)c6oc7ccccc7c6c5c5c4oc4ccccc45)cc3)c3ccccc23)c1. The maximum absolute atomic E-state index is 7.20. The van der Waals surface area contributed by atoms with Crippen LogP contribution in [-0.2, 0) is 10.8 Å². The van der Waals surface area contributed by atoms with Crippen molar-refractivity contribution in [1.82, 2.24) is 0 Å². The second-order valence-corrected chi connectivity index (χ2v) is 23.5. The molecule has 0 atom stereocenters. The summed E-state index contributed by atoms with van der Waals surface area (Å²) < 4.78 is 14.3. The highest BCUT2D eigenvalue weighted by Crippen LogP contribution is 2.52. The number of rotatable bonds is 5. The summed E-state index contributed by atoms with van der Waals surface area (Å²) in [7, 11) is 0. The Bertz CT molecular complexity index is 4860. The minimum atomic E-state index is 0.00226. The Kier molecular flexibility index (Phi) is 10.1. The molecule has 0 bridgehead atoms. The maximum atomic E-state index is 7.20. The minimum Gasteiger partial charge on any atom is -0.455 e. The summed E-state index contributed by atoms with van der Waals surface area (Å²) in [5.74, 6) is 0. The molecule has 13 aromatic carbocycles. The van der Waals surface area contributed by atoms with Gasteiger partial charge in [-0.15, -0.1) is 0 Å². The van der Waals surface area contributed by atoms with Gasteiger partial charge < -0.3 is 8.83 Å². The van der Waals surface area contributed by atoms with Gasteiger partial charge in [0.2, 0.25) is 0 Å². The predicted octanol–water partition coefficient (Wildman–Crippen LogP) is 22.2. The average molecular weight is 1000 g/mol. The predicted molar refractivity (Wildman–Crippen MR) is 333 cm³/mol. The van der Waals surface area contributed by atoms with Crippen molar-refractivity contribution in [3.05, 3.63) is 242 Å². The van der Waals surface area contributed by atoms with Crippen LogP contribution in [0.4, 0.5) is 0 Å². The molecule has 2 heterocycles. The Morgan fingerprint density at radius 2 is 0.590 bits per heavy atom. The topological polar surface area (TPSA) is 26.3 Å². The molecule has 0 N–H and O–H groups in total. The first-order valence-corrected chi connectivity index (χ1v) is 27.4. The van der Waals surface area contributed by atoms with Crippen LogP contribution in [0.1, 0.15) is 52.7 Å². The van der Waals surface area contributed by atoms with Crippen molar-refractivity contribution in [2.24, 2.45) is 0 Å². The third-order valence-corrected chi connectivity index (χ3v) is 16.7. The molecule has 2 nitrogen and oxygen atoms in total.